The Morgan fingerprint density at radius 1 is 1.36 bits per heavy atom. The van der Waals surface area contributed by atoms with Gasteiger partial charge in [-0.2, -0.15) is 0 Å². The quantitative estimate of drug-likeness (QED) is 0.830. The molecule has 1 aromatic rings. The molecule has 0 radical (unpaired) electrons. The zero-order valence-electron chi connectivity index (χ0n) is 15.6. The molecule has 1 atom stereocenters. The van der Waals surface area contributed by atoms with Crippen LogP contribution in [0.3, 0.4) is 0 Å². The summed E-state index contributed by atoms with van der Waals surface area (Å²) in [6.45, 7) is 11.3. The van der Waals surface area contributed by atoms with E-state index in [4.69, 9.17) is 4.42 Å². The average Bonchev–Trinajstić information content (AvgIpc) is 3.14. The van der Waals surface area contributed by atoms with Crippen LogP contribution in [0.4, 0.5) is 0 Å². The highest BCUT2D eigenvalue weighted by molar-refractivity contribution is 5.72. The standard InChI is InChI=1S/C20H30N2O3/c1-4-15(2)11-22-13-18(19(23)24)20(14-22)7-9-21(10-8-20)12-17-6-5-16(3)25-17/h4-6,18H,7-14H2,1-3H3,(H,23,24). The molecule has 2 aliphatic heterocycles. The Balaban J connectivity index is 1.63. The van der Waals surface area contributed by atoms with Crippen LogP contribution < -0.4 is 0 Å². The van der Waals surface area contributed by atoms with Crippen LogP contribution in [0.2, 0.25) is 0 Å². The predicted octanol–water partition coefficient (Wildman–Crippen LogP) is 3.15. The van der Waals surface area contributed by atoms with Crippen molar-refractivity contribution in [1.29, 1.82) is 0 Å². The van der Waals surface area contributed by atoms with Crippen molar-refractivity contribution in [2.24, 2.45) is 11.3 Å². The van der Waals surface area contributed by atoms with Gasteiger partial charge in [0.05, 0.1) is 12.5 Å². The fourth-order valence-corrected chi connectivity index (χ4v) is 4.43. The maximum atomic E-state index is 11.9. The summed E-state index contributed by atoms with van der Waals surface area (Å²) in [7, 11) is 0. The normalized spacial score (nSPS) is 24.9. The summed E-state index contributed by atoms with van der Waals surface area (Å²) in [5, 5.41) is 9.77. The SMILES string of the molecule is CC=C(C)CN1CC(C(=O)O)C2(CCN(Cc3ccc(C)o3)CC2)C1. The van der Waals surface area contributed by atoms with Crippen molar-refractivity contribution in [2.75, 3.05) is 32.7 Å². The molecule has 2 saturated heterocycles. The molecule has 1 spiro atoms. The van der Waals surface area contributed by atoms with Crippen LogP contribution in [0.1, 0.15) is 38.2 Å². The van der Waals surface area contributed by atoms with Gasteiger partial charge in [0.1, 0.15) is 11.5 Å². The summed E-state index contributed by atoms with van der Waals surface area (Å²) < 4.78 is 5.69. The number of carboxylic acid groups (broad SMARTS) is 1. The number of aliphatic carboxylic acids is 1. The van der Waals surface area contributed by atoms with E-state index in [1.165, 1.54) is 5.57 Å². The first-order valence-electron chi connectivity index (χ1n) is 9.26. The Morgan fingerprint density at radius 2 is 2.08 bits per heavy atom. The average molecular weight is 346 g/mol. The second-order valence-electron chi connectivity index (χ2n) is 7.85. The van der Waals surface area contributed by atoms with E-state index in [1.807, 2.05) is 26.0 Å². The molecule has 5 heteroatoms. The maximum absolute atomic E-state index is 11.9. The van der Waals surface area contributed by atoms with Gasteiger partial charge in [-0.25, -0.2) is 0 Å². The number of allylic oxidation sites excluding steroid dienone is 1. The molecule has 1 unspecified atom stereocenters. The second kappa shape index (κ2) is 7.34. The lowest BCUT2D eigenvalue weighted by molar-refractivity contribution is -0.146. The molecule has 2 aliphatic rings. The molecule has 0 saturated carbocycles. The molecule has 25 heavy (non-hydrogen) atoms. The largest absolute Gasteiger partial charge is 0.481 e. The lowest BCUT2D eigenvalue weighted by Crippen LogP contribution is -2.45. The van der Waals surface area contributed by atoms with E-state index in [2.05, 4.69) is 22.8 Å². The Morgan fingerprint density at radius 3 is 2.64 bits per heavy atom. The molecule has 5 nitrogen and oxygen atoms in total. The first kappa shape index (κ1) is 18.2. The number of carbonyl (C=O) groups is 1. The van der Waals surface area contributed by atoms with E-state index < -0.39 is 5.97 Å². The highest BCUT2D eigenvalue weighted by atomic mass is 16.4. The second-order valence-corrected chi connectivity index (χ2v) is 7.85. The molecule has 2 fully saturated rings. The smallest absolute Gasteiger partial charge is 0.308 e. The molecule has 1 N–H and O–H groups in total. The van der Waals surface area contributed by atoms with Crippen molar-refractivity contribution in [2.45, 2.75) is 40.2 Å². The maximum Gasteiger partial charge on any atom is 0.308 e. The van der Waals surface area contributed by atoms with Crippen molar-refractivity contribution in [3.05, 3.63) is 35.3 Å². The molecule has 0 aliphatic carbocycles. The number of carboxylic acids is 1. The first-order chi connectivity index (χ1) is 11.9. The molecule has 0 amide bonds. The summed E-state index contributed by atoms with van der Waals surface area (Å²) in [6.07, 6.45) is 4.03. The number of hydrogen-bond donors (Lipinski definition) is 1. The van der Waals surface area contributed by atoms with E-state index in [0.717, 1.165) is 57.1 Å². The van der Waals surface area contributed by atoms with Crippen LogP contribution in [0.15, 0.2) is 28.2 Å². The van der Waals surface area contributed by atoms with Gasteiger partial charge in [-0.3, -0.25) is 14.6 Å². The molecule has 138 valence electrons. The highest BCUT2D eigenvalue weighted by Gasteiger charge is 2.51. The zero-order chi connectivity index (χ0) is 18.0. The van der Waals surface area contributed by atoms with E-state index in [9.17, 15) is 9.90 Å². The molecular formula is C20H30N2O3. The summed E-state index contributed by atoms with van der Waals surface area (Å²) in [4.78, 5) is 16.6. The van der Waals surface area contributed by atoms with Crippen molar-refractivity contribution >= 4 is 5.97 Å². The fourth-order valence-electron chi connectivity index (χ4n) is 4.43. The number of rotatable bonds is 5. The van der Waals surface area contributed by atoms with Gasteiger partial charge in [0.25, 0.3) is 0 Å². The number of piperidine rings is 1. The van der Waals surface area contributed by atoms with Gasteiger partial charge in [0, 0.05) is 25.0 Å². The number of nitrogens with zero attached hydrogens (tertiary/aromatic N) is 2. The highest BCUT2D eigenvalue weighted by Crippen LogP contribution is 2.45. The van der Waals surface area contributed by atoms with Crippen molar-refractivity contribution in [3.63, 3.8) is 0 Å². The topological polar surface area (TPSA) is 56.9 Å². The minimum Gasteiger partial charge on any atom is -0.481 e. The molecular weight excluding hydrogens is 316 g/mol. The van der Waals surface area contributed by atoms with Gasteiger partial charge >= 0.3 is 5.97 Å². The van der Waals surface area contributed by atoms with Crippen molar-refractivity contribution in [1.82, 2.24) is 9.80 Å². The van der Waals surface area contributed by atoms with Gasteiger partial charge < -0.3 is 9.52 Å². The van der Waals surface area contributed by atoms with Gasteiger partial charge in [-0.1, -0.05) is 11.6 Å². The molecule has 3 heterocycles. The third kappa shape index (κ3) is 3.98. The lowest BCUT2D eigenvalue weighted by atomic mass is 9.71. The number of aryl methyl sites for hydroxylation is 1. The Labute approximate surface area is 150 Å². The molecule has 0 bridgehead atoms. The van der Waals surface area contributed by atoms with Crippen LogP contribution in [-0.4, -0.2) is 53.6 Å². The van der Waals surface area contributed by atoms with Crippen LogP contribution in [-0.2, 0) is 11.3 Å². The summed E-state index contributed by atoms with van der Waals surface area (Å²) in [5.41, 5.74) is 1.24. The molecule has 1 aromatic heterocycles. The minimum atomic E-state index is -0.629. The third-order valence-electron chi connectivity index (χ3n) is 6.01. The van der Waals surface area contributed by atoms with Crippen LogP contribution in [0.5, 0.6) is 0 Å². The lowest BCUT2D eigenvalue weighted by Gasteiger charge is -2.41. The first-order valence-corrected chi connectivity index (χ1v) is 9.26. The molecule has 3 rings (SSSR count). The monoisotopic (exact) mass is 346 g/mol. The Kier molecular flexibility index (Phi) is 5.35. The van der Waals surface area contributed by atoms with Crippen molar-refractivity contribution < 1.29 is 14.3 Å². The van der Waals surface area contributed by atoms with Crippen LogP contribution in [0.25, 0.3) is 0 Å². The van der Waals surface area contributed by atoms with Gasteiger partial charge in [0.2, 0.25) is 0 Å². The number of furan rings is 1. The Hall–Kier alpha value is -1.59. The van der Waals surface area contributed by atoms with Crippen LogP contribution in [0, 0.1) is 18.3 Å². The van der Waals surface area contributed by atoms with Gasteiger partial charge in [-0.05, 0) is 58.8 Å². The molecule has 0 aromatic carbocycles. The van der Waals surface area contributed by atoms with E-state index in [1.54, 1.807) is 0 Å². The number of hydrogen-bond acceptors (Lipinski definition) is 4. The minimum absolute atomic E-state index is 0.0740. The predicted molar refractivity (Wildman–Crippen MR) is 97.4 cm³/mol. The zero-order valence-corrected chi connectivity index (χ0v) is 15.6. The van der Waals surface area contributed by atoms with Gasteiger partial charge in [-0.15, -0.1) is 0 Å². The van der Waals surface area contributed by atoms with E-state index >= 15 is 0 Å². The van der Waals surface area contributed by atoms with Crippen molar-refractivity contribution in [3.8, 4) is 0 Å². The summed E-state index contributed by atoms with van der Waals surface area (Å²) >= 11 is 0. The third-order valence-corrected chi connectivity index (χ3v) is 6.01. The van der Waals surface area contributed by atoms with Crippen LogP contribution >= 0.6 is 0 Å². The van der Waals surface area contributed by atoms with E-state index in [0.29, 0.717) is 6.54 Å². The Bertz CT molecular complexity index is 641. The number of likely N-dealkylation sites (tertiary alicyclic amines) is 2. The summed E-state index contributed by atoms with van der Waals surface area (Å²) in [5.74, 6) is 1.07. The summed E-state index contributed by atoms with van der Waals surface area (Å²) in [6, 6.07) is 4.04. The fraction of sp³-hybridized carbons (Fsp3) is 0.650. The van der Waals surface area contributed by atoms with E-state index in [-0.39, 0.29) is 11.3 Å². The van der Waals surface area contributed by atoms with Gasteiger partial charge in [0.15, 0.2) is 0 Å².